The highest BCUT2D eigenvalue weighted by atomic mass is 32.2. The minimum absolute atomic E-state index is 0.270. The van der Waals surface area contributed by atoms with Crippen LogP contribution in [0.5, 0.6) is 0 Å². The van der Waals surface area contributed by atoms with Crippen LogP contribution in [0.2, 0.25) is 0 Å². The van der Waals surface area contributed by atoms with Crippen LogP contribution in [0, 0.1) is 0 Å². The maximum Gasteiger partial charge on any atom is 0.240 e. The average molecular weight is 409 g/mol. The molecule has 1 N–H and O–H groups in total. The number of aromatic nitrogens is 1. The van der Waals surface area contributed by atoms with E-state index in [4.69, 9.17) is 0 Å². The third-order valence-electron chi connectivity index (χ3n) is 5.83. The Balaban J connectivity index is 1.41. The Morgan fingerprint density at radius 2 is 1.59 bits per heavy atom. The van der Waals surface area contributed by atoms with Gasteiger partial charge in [0.2, 0.25) is 10.0 Å². The average Bonchev–Trinajstić information content (AvgIpc) is 3.21. The van der Waals surface area contributed by atoms with Gasteiger partial charge in [0.1, 0.15) is 0 Å². The molecule has 2 aromatic carbocycles. The Hall–Kier alpha value is -2.37. The topological polar surface area (TPSA) is 51.1 Å². The van der Waals surface area contributed by atoms with E-state index in [1.54, 1.807) is 12.1 Å². The Kier molecular flexibility index (Phi) is 6.16. The molecule has 1 aliphatic carbocycles. The number of benzene rings is 2. The standard InChI is InChI=1S/C24H28N2O2S/c27-29(28,24-15-13-22(14-16-24)21-10-5-2-6-11-21)25-18-23-12-7-17-26(23)19-20-8-3-1-4-9-20/h1,3-4,7-9,12-17,21,25H,2,5-6,10-11,18-19H2. The Morgan fingerprint density at radius 1 is 0.862 bits per heavy atom. The highest BCUT2D eigenvalue weighted by Gasteiger charge is 2.18. The molecular formula is C24H28N2O2S. The Morgan fingerprint density at radius 3 is 2.31 bits per heavy atom. The van der Waals surface area contributed by atoms with Crippen molar-refractivity contribution in [1.29, 1.82) is 0 Å². The summed E-state index contributed by atoms with van der Waals surface area (Å²) in [6.07, 6.45) is 8.27. The first-order chi connectivity index (χ1) is 14.1. The van der Waals surface area contributed by atoms with Crippen LogP contribution in [0.1, 0.15) is 54.8 Å². The van der Waals surface area contributed by atoms with E-state index >= 15 is 0 Å². The summed E-state index contributed by atoms with van der Waals surface area (Å²) < 4.78 is 30.4. The monoisotopic (exact) mass is 408 g/mol. The summed E-state index contributed by atoms with van der Waals surface area (Å²) in [5.74, 6) is 0.578. The summed E-state index contributed by atoms with van der Waals surface area (Å²) >= 11 is 0. The van der Waals surface area contributed by atoms with E-state index in [0.29, 0.717) is 10.8 Å². The molecule has 0 amide bonds. The Bertz CT molecular complexity index is 1020. The van der Waals surface area contributed by atoms with Gasteiger partial charge in [0.05, 0.1) is 11.4 Å². The zero-order chi connectivity index (χ0) is 20.1. The molecule has 152 valence electrons. The van der Waals surface area contributed by atoms with Crippen molar-refractivity contribution in [3.8, 4) is 0 Å². The second-order valence-electron chi connectivity index (χ2n) is 7.84. The first-order valence-electron chi connectivity index (χ1n) is 10.4. The molecule has 0 aliphatic heterocycles. The molecule has 1 aliphatic rings. The van der Waals surface area contributed by atoms with Gasteiger partial charge in [-0.1, -0.05) is 61.7 Å². The fourth-order valence-corrected chi connectivity index (χ4v) is 5.15. The van der Waals surface area contributed by atoms with Gasteiger partial charge in [-0.3, -0.25) is 0 Å². The summed E-state index contributed by atoms with van der Waals surface area (Å²) in [6.45, 7) is 0.994. The zero-order valence-corrected chi connectivity index (χ0v) is 17.4. The van der Waals surface area contributed by atoms with E-state index in [-0.39, 0.29) is 6.54 Å². The minimum Gasteiger partial charge on any atom is -0.346 e. The van der Waals surface area contributed by atoms with Crippen LogP contribution in [-0.2, 0) is 23.1 Å². The predicted octanol–water partition coefficient (Wildman–Crippen LogP) is 5.06. The third-order valence-corrected chi connectivity index (χ3v) is 7.25. The van der Waals surface area contributed by atoms with Crippen molar-refractivity contribution in [1.82, 2.24) is 9.29 Å². The SMILES string of the molecule is O=S(=O)(NCc1cccn1Cc1ccccc1)c1ccc(C2CCCCC2)cc1. The number of nitrogens with one attached hydrogen (secondary N) is 1. The van der Waals surface area contributed by atoms with Crippen LogP contribution in [-0.4, -0.2) is 13.0 Å². The van der Waals surface area contributed by atoms with Gasteiger partial charge in [-0.05, 0) is 54.2 Å². The van der Waals surface area contributed by atoms with Crippen LogP contribution < -0.4 is 4.72 Å². The first kappa shape index (κ1) is 19.9. The van der Waals surface area contributed by atoms with Crippen molar-refractivity contribution in [3.63, 3.8) is 0 Å². The van der Waals surface area contributed by atoms with Gasteiger partial charge in [-0.25, -0.2) is 13.1 Å². The van der Waals surface area contributed by atoms with Crippen molar-refractivity contribution < 1.29 is 8.42 Å². The molecule has 5 heteroatoms. The van der Waals surface area contributed by atoms with Gasteiger partial charge in [0.25, 0.3) is 0 Å². The molecule has 4 nitrogen and oxygen atoms in total. The van der Waals surface area contributed by atoms with Crippen LogP contribution in [0.3, 0.4) is 0 Å². The number of rotatable bonds is 7. The normalized spacial score (nSPS) is 15.4. The molecule has 0 radical (unpaired) electrons. The van der Waals surface area contributed by atoms with Gasteiger partial charge >= 0.3 is 0 Å². The molecule has 29 heavy (non-hydrogen) atoms. The van der Waals surface area contributed by atoms with Crippen molar-refractivity contribution in [2.24, 2.45) is 0 Å². The largest absolute Gasteiger partial charge is 0.346 e. The lowest BCUT2D eigenvalue weighted by Crippen LogP contribution is -2.24. The molecule has 1 fully saturated rings. The molecule has 0 atom stereocenters. The summed E-state index contributed by atoms with van der Waals surface area (Å²) in [5, 5.41) is 0. The molecule has 0 unspecified atom stereocenters. The zero-order valence-electron chi connectivity index (χ0n) is 16.6. The molecule has 1 aromatic heterocycles. The smallest absolute Gasteiger partial charge is 0.240 e. The van der Waals surface area contributed by atoms with E-state index in [2.05, 4.69) is 21.4 Å². The lowest BCUT2D eigenvalue weighted by molar-refractivity contribution is 0.443. The summed E-state index contributed by atoms with van der Waals surface area (Å²) in [4.78, 5) is 0.332. The molecule has 3 aromatic rings. The fourth-order valence-electron chi connectivity index (χ4n) is 4.15. The number of hydrogen-bond donors (Lipinski definition) is 1. The van der Waals surface area contributed by atoms with Crippen molar-refractivity contribution in [2.45, 2.75) is 56.0 Å². The number of sulfonamides is 1. The molecular weight excluding hydrogens is 380 g/mol. The maximum atomic E-state index is 12.8. The van der Waals surface area contributed by atoms with Gasteiger partial charge in [-0.15, -0.1) is 0 Å². The predicted molar refractivity (Wildman–Crippen MR) is 116 cm³/mol. The molecule has 4 rings (SSSR count). The van der Waals surface area contributed by atoms with Crippen LogP contribution >= 0.6 is 0 Å². The van der Waals surface area contributed by atoms with Crippen LogP contribution in [0.4, 0.5) is 0 Å². The summed E-state index contributed by atoms with van der Waals surface area (Å²) in [6, 6.07) is 21.5. The van der Waals surface area contributed by atoms with E-state index in [1.807, 2.05) is 48.7 Å². The van der Waals surface area contributed by atoms with Gasteiger partial charge in [0, 0.05) is 18.4 Å². The second kappa shape index (κ2) is 8.97. The number of nitrogens with zero attached hydrogens (tertiary/aromatic N) is 1. The molecule has 0 spiro atoms. The summed E-state index contributed by atoms with van der Waals surface area (Å²) in [7, 11) is -3.54. The van der Waals surface area contributed by atoms with Gasteiger partial charge in [0.15, 0.2) is 0 Å². The quantitative estimate of drug-likeness (QED) is 0.594. The van der Waals surface area contributed by atoms with E-state index in [1.165, 1.54) is 43.2 Å². The van der Waals surface area contributed by atoms with Crippen molar-refractivity contribution >= 4 is 10.0 Å². The van der Waals surface area contributed by atoms with E-state index in [0.717, 1.165) is 12.2 Å². The highest BCUT2D eigenvalue weighted by Crippen LogP contribution is 2.32. The van der Waals surface area contributed by atoms with E-state index in [9.17, 15) is 8.42 Å². The molecule has 1 heterocycles. The van der Waals surface area contributed by atoms with Gasteiger partial charge < -0.3 is 4.57 Å². The summed E-state index contributed by atoms with van der Waals surface area (Å²) in [5.41, 5.74) is 3.39. The van der Waals surface area contributed by atoms with Crippen molar-refractivity contribution in [2.75, 3.05) is 0 Å². The first-order valence-corrected chi connectivity index (χ1v) is 11.9. The minimum atomic E-state index is -3.54. The molecule has 0 saturated heterocycles. The lowest BCUT2D eigenvalue weighted by atomic mass is 9.84. The van der Waals surface area contributed by atoms with E-state index < -0.39 is 10.0 Å². The fraction of sp³-hybridized carbons (Fsp3) is 0.333. The van der Waals surface area contributed by atoms with Crippen molar-refractivity contribution in [3.05, 3.63) is 89.7 Å². The second-order valence-corrected chi connectivity index (χ2v) is 9.61. The molecule has 0 bridgehead atoms. The maximum absolute atomic E-state index is 12.8. The molecule has 1 saturated carbocycles. The van der Waals surface area contributed by atoms with Gasteiger partial charge in [-0.2, -0.15) is 0 Å². The lowest BCUT2D eigenvalue weighted by Gasteiger charge is -2.22. The van der Waals surface area contributed by atoms with Crippen LogP contribution in [0.15, 0.2) is 77.8 Å². The highest BCUT2D eigenvalue weighted by molar-refractivity contribution is 7.89. The van der Waals surface area contributed by atoms with Crippen LogP contribution in [0.25, 0.3) is 0 Å². The third kappa shape index (κ3) is 4.98. The Labute approximate surface area is 173 Å². The number of hydrogen-bond acceptors (Lipinski definition) is 2.